The minimum absolute atomic E-state index is 0.126. The van der Waals surface area contributed by atoms with Gasteiger partial charge in [-0.2, -0.15) is 8.42 Å². The van der Waals surface area contributed by atoms with Gasteiger partial charge in [-0.15, -0.1) is 0 Å². The Balaban J connectivity index is 2.99. The summed E-state index contributed by atoms with van der Waals surface area (Å²) in [6.07, 6.45) is 0. The Labute approximate surface area is 75.3 Å². The maximum atomic E-state index is 12.7. The molecule has 2 N–H and O–H groups in total. The first-order chi connectivity index (χ1) is 5.88. The molecule has 0 unspecified atom stereocenters. The van der Waals surface area contributed by atoms with Gasteiger partial charge in [0.1, 0.15) is 5.82 Å². The van der Waals surface area contributed by atoms with Gasteiger partial charge in [-0.25, -0.2) is 4.39 Å². The van der Waals surface area contributed by atoms with Crippen LogP contribution in [0.4, 0.5) is 10.1 Å². The van der Waals surface area contributed by atoms with Gasteiger partial charge < -0.3 is 0 Å². The molecular weight excluding hydrogens is 197 g/mol. The van der Waals surface area contributed by atoms with Gasteiger partial charge in [0.25, 0.3) is 0 Å². The highest BCUT2D eigenvalue weighted by atomic mass is 32.2. The Bertz CT molecular complexity index is 416. The van der Waals surface area contributed by atoms with Crippen molar-refractivity contribution in [3.05, 3.63) is 29.6 Å². The van der Waals surface area contributed by atoms with E-state index in [0.29, 0.717) is 5.56 Å². The Morgan fingerprint density at radius 1 is 1.46 bits per heavy atom. The number of halogens is 1. The van der Waals surface area contributed by atoms with Gasteiger partial charge in [0.05, 0.1) is 5.69 Å². The van der Waals surface area contributed by atoms with Crippen LogP contribution in [-0.4, -0.2) is 13.0 Å². The monoisotopic (exact) mass is 205 g/mol. The number of rotatable bonds is 2. The van der Waals surface area contributed by atoms with Crippen LogP contribution < -0.4 is 4.72 Å². The average molecular weight is 205 g/mol. The smallest absolute Gasteiger partial charge is 0.269 e. The number of hydrogen-bond acceptors (Lipinski definition) is 2. The molecule has 0 atom stereocenters. The minimum atomic E-state index is -4.28. The SMILES string of the molecule is Cc1cc(NS(=O)(=O)O)ccc1F. The maximum Gasteiger partial charge on any atom is 0.357 e. The second-order valence-electron chi connectivity index (χ2n) is 2.54. The highest BCUT2D eigenvalue weighted by molar-refractivity contribution is 7.87. The lowest BCUT2D eigenvalue weighted by molar-refractivity contribution is 0.489. The van der Waals surface area contributed by atoms with Gasteiger partial charge in [-0.3, -0.25) is 9.27 Å². The van der Waals surface area contributed by atoms with Crippen molar-refractivity contribution in [2.24, 2.45) is 0 Å². The van der Waals surface area contributed by atoms with Gasteiger partial charge in [0.15, 0.2) is 0 Å². The Kier molecular flexibility index (Phi) is 2.53. The summed E-state index contributed by atoms with van der Waals surface area (Å²) >= 11 is 0. The largest absolute Gasteiger partial charge is 0.357 e. The molecule has 0 saturated heterocycles. The van der Waals surface area contributed by atoms with Crippen molar-refractivity contribution in [1.29, 1.82) is 0 Å². The van der Waals surface area contributed by atoms with Crippen molar-refractivity contribution in [2.45, 2.75) is 6.92 Å². The fraction of sp³-hybridized carbons (Fsp3) is 0.143. The van der Waals surface area contributed by atoms with Crippen molar-refractivity contribution in [3.63, 3.8) is 0 Å². The lowest BCUT2D eigenvalue weighted by Crippen LogP contribution is -2.10. The van der Waals surface area contributed by atoms with E-state index in [2.05, 4.69) is 0 Å². The van der Waals surface area contributed by atoms with E-state index >= 15 is 0 Å². The predicted octanol–water partition coefficient (Wildman–Crippen LogP) is 1.35. The Hall–Kier alpha value is -1.14. The quantitative estimate of drug-likeness (QED) is 0.716. The zero-order valence-corrected chi connectivity index (χ0v) is 7.60. The molecule has 1 aromatic rings. The summed E-state index contributed by atoms with van der Waals surface area (Å²) in [7, 11) is -4.28. The summed E-state index contributed by atoms with van der Waals surface area (Å²) in [4.78, 5) is 0. The van der Waals surface area contributed by atoms with Crippen LogP contribution in [0.1, 0.15) is 5.56 Å². The minimum Gasteiger partial charge on any atom is -0.269 e. The van der Waals surface area contributed by atoms with Crippen molar-refractivity contribution < 1.29 is 17.4 Å². The zero-order valence-electron chi connectivity index (χ0n) is 6.78. The van der Waals surface area contributed by atoms with E-state index in [1.807, 2.05) is 4.72 Å². The molecule has 0 radical (unpaired) electrons. The average Bonchev–Trinajstić information content (AvgIpc) is 1.94. The molecule has 72 valence electrons. The molecule has 4 nitrogen and oxygen atoms in total. The lowest BCUT2D eigenvalue weighted by atomic mass is 10.2. The van der Waals surface area contributed by atoms with Crippen LogP contribution in [0.3, 0.4) is 0 Å². The third kappa shape index (κ3) is 3.00. The molecule has 0 bridgehead atoms. The number of nitrogens with one attached hydrogen (secondary N) is 1. The van der Waals surface area contributed by atoms with E-state index in [1.54, 1.807) is 0 Å². The highest BCUT2D eigenvalue weighted by Crippen LogP contribution is 2.14. The predicted molar refractivity (Wildman–Crippen MR) is 46.3 cm³/mol. The van der Waals surface area contributed by atoms with Crippen LogP contribution >= 0.6 is 0 Å². The molecule has 0 aliphatic carbocycles. The molecule has 0 amide bonds. The molecule has 6 heteroatoms. The highest BCUT2D eigenvalue weighted by Gasteiger charge is 2.05. The normalized spacial score (nSPS) is 11.3. The molecule has 0 saturated carbocycles. The van der Waals surface area contributed by atoms with Crippen molar-refractivity contribution in [1.82, 2.24) is 0 Å². The molecule has 0 aliphatic rings. The second kappa shape index (κ2) is 3.31. The van der Waals surface area contributed by atoms with Crippen LogP contribution in [0.15, 0.2) is 18.2 Å². The molecule has 0 aliphatic heterocycles. The summed E-state index contributed by atoms with van der Waals surface area (Å²) in [5.41, 5.74) is 0.426. The summed E-state index contributed by atoms with van der Waals surface area (Å²) < 4.78 is 43.6. The molecule has 1 aromatic carbocycles. The van der Waals surface area contributed by atoms with Gasteiger partial charge in [-0.05, 0) is 30.7 Å². The van der Waals surface area contributed by atoms with Gasteiger partial charge in [-0.1, -0.05) is 0 Å². The van der Waals surface area contributed by atoms with E-state index in [4.69, 9.17) is 4.55 Å². The third-order valence-corrected chi connectivity index (χ3v) is 1.90. The Morgan fingerprint density at radius 3 is 2.54 bits per heavy atom. The molecule has 0 spiro atoms. The van der Waals surface area contributed by atoms with Gasteiger partial charge in [0.2, 0.25) is 0 Å². The van der Waals surface area contributed by atoms with Crippen LogP contribution in [0.25, 0.3) is 0 Å². The van der Waals surface area contributed by atoms with Gasteiger partial charge in [0, 0.05) is 0 Å². The molecular formula is C7H8FNO3S. The molecule has 0 aromatic heterocycles. The first kappa shape index (κ1) is 9.94. The summed E-state index contributed by atoms with van der Waals surface area (Å²) in [5.74, 6) is -0.430. The van der Waals surface area contributed by atoms with E-state index < -0.39 is 16.1 Å². The lowest BCUT2D eigenvalue weighted by Gasteiger charge is -2.03. The molecule has 0 heterocycles. The van der Waals surface area contributed by atoms with Gasteiger partial charge >= 0.3 is 10.3 Å². The fourth-order valence-electron chi connectivity index (χ4n) is 0.857. The van der Waals surface area contributed by atoms with Crippen LogP contribution in [0.5, 0.6) is 0 Å². The van der Waals surface area contributed by atoms with Crippen LogP contribution in [0.2, 0.25) is 0 Å². The van der Waals surface area contributed by atoms with Crippen LogP contribution in [-0.2, 0) is 10.3 Å². The maximum absolute atomic E-state index is 12.7. The van der Waals surface area contributed by atoms with E-state index in [0.717, 1.165) is 6.07 Å². The standard InChI is InChI=1S/C7H8FNO3S/c1-5-4-6(2-3-7(5)8)9-13(10,11)12/h2-4,9H,1H3,(H,10,11,12). The summed E-state index contributed by atoms with van der Waals surface area (Å²) in [5, 5.41) is 0. The summed E-state index contributed by atoms with van der Waals surface area (Å²) in [6.45, 7) is 1.49. The van der Waals surface area contributed by atoms with E-state index in [9.17, 15) is 12.8 Å². The van der Waals surface area contributed by atoms with Crippen molar-refractivity contribution in [2.75, 3.05) is 4.72 Å². The Morgan fingerprint density at radius 2 is 2.08 bits per heavy atom. The number of benzene rings is 1. The topological polar surface area (TPSA) is 66.4 Å². The number of aryl methyl sites for hydroxylation is 1. The first-order valence-corrected chi connectivity index (χ1v) is 4.84. The fourth-order valence-corrected chi connectivity index (χ4v) is 1.28. The van der Waals surface area contributed by atoms with E-state index in [1.165, 1.54) is 19.1 Å². The van der Waals surface area contributed by atoms with E-state index in [-0.39, 0.29) is 5.69 Å². The second-order valence-corrected chi connectivity index (χ2v) is 3.70. The number of anilines is 1. The zero-order chi connectivity index (χ0) is 10.1. The van der Waals surface area contributed by atoms with Crippen molar-refractivity contribution in [3.8, 4) is 0 Å². The first-order valence-electron chi connectivity index (χ1n) is 3.40. The summed E-state index contributed by atoms with van der Waals surface area (Å²) in [6, 6.07) is 3.61. The number of hydrogen-bond donors (Lipinski definition) is 2. The molecule has 1 rings (SSSR count). The van der Waals surface area contributed by atoms with Crippen LogP contribution in [0, 0.1) is 12.7 Å². The third-order valence-electron chi connectivity index (χ3n) is 1.40. The molecule has 13 heavy (non-hydrogen) atoms. The molecule has 0 fully saturated rings. The van der Waals surface area contributed by atoms with Crippen molar-refractivity contribution >= 4 is 16.0 Å².